The van der Waals surface area contributed by atoms with Crippen molar-refractivity contribution in [1.82, 2.24) is 0 Å². The number of hydrogen-bond acceptors (Lipinski definition) is 4. The van der Waals surface area contributed by atoms with Gasteiger partial charge in [-0.1, -0.05) is 11.6 Å². The first-order valence-electron chi connectivity index (χ1n) is 9.68. The van der Waals surface area contributed by atoms with E-state index in [4.69, 9.17) is 11.6 Å². The van der Waals surface area contributed by atoms with Gasteiger partial charge in [0.2, 0.25) is 0 Å². The minimum atomic E-state index is -4.66. The summed E-state index contributed by atoms with van der Waals surface area (Å²) in [6.45, 7) is 2.04. The zero-order chi connectivity index (χ0) is 22.4. The molecule has 0 aromatic heterocycles. The molecule has 0 bridgehead atoms. The van der Waals surface area contributed by atoms with E-state index in [0.29, 0.717) is 5.69 Å². The number of alkyl halides is 3. The van der Waals surface area contributed by atoms with Crippen molar-refractivity contribution in [2.24, 2.45) is 0 Å². The topological polar surface area (TPSA) is 68.2 Å². The number of anilines is 3. The van der Waals surface area contributed by atoms with Gasteiger partial charge in [-0.15, -0.1) is 0 Å². The number of benzene rings is 2. The van der Waals surface area contributed by atoms with E-state index in [9.17, 15) is 23.2 Å². The third kappa shape index (κ3) is 5.92. The molecule has 1 fully saturated rings. The Hall–Kier alpha value is -3.18. The van der Waals surface area contributed by atoms with Crippen LogP contribution in [0.15, 0.2) is 54.2 Å². The smallest absolute Gasteiger partial charge is 0.372 e. The number of amides is 1. The quantitative estimate of drug-likeness (QED) is 0.447. The Morgan fingerprint density at radius 2 is 1.71 bits per heavy atom. The average Bonchev–Trinajstić information content (AvgIpc) is 2.76. The van der Waals surface area contributed by atoms with Crippen molar-refractivity contribution in [3.63, 3.8) is 0 Å². The van der Waals surface area contributed by atoms with Gasteiger partial charge in [-0.3, -0.25) is 4.79 Å². The van der Waals surface area contributed by atoms with Gasteiger partial charge in [0.05, 0.1) is 10.6 Å². The minimum absolute atomic E-state index is 0.117. The third-order valence-corrected chi connectivity index (χ3v) is 5.20. The minimum Gasteiger partial charge on any atom is -0.372 e. The fraction of sp³-hybridized carbons (Fsp3) is 0.273. The van der Waals surface area contributed by atoms with Crippen LogP contribution >= 0.6 is 11.6 Å². The van der Waals surface area contributed by atoms with Gasteiger partial charge in [0.15, 0.2) is 0 Å². The van der Waals surface area contributed by atoms with Crippen LogP contribution in [0.2, 0.25) is 5.02 Å². The Balaban J connectivity index is 1.66. The van der Waals surface area contributed by atoms with Crippen LogP contribution in [0, 0.1) is 11.3 Å². The summed E-state index contributed by atoms with van der Waals surface area (Å²) in [6, 6.07) is 12.3. The number of hydrogen-bond donors (Lipinski definition) is 2. The maximum Gasteiger partial charge on any atom is 0.417 e. The monoisotopic (exact) mass is 448 g/mol. The molecule has 0 aliphatic carbocycles. The van der Waals surface area contributed by atoms with E-state index >= 15 is 0 Å². The van der Waals surface area contributed by atoms with E-state index in [2.05, 4.69) is 15.5 Å². The Labute approximate surface area is 183 Å². The molecule has 0 radical (unpaired) electrons. The Morgan fingerprint density at radius 1 is 1.06 bits per heavy atom. The fourth-order valence-electron chi connectivity index (χ4n) is 3.24. The molecule has 3 rings (SSSR count). The maximum absolute atomic E-state index is 13.0. The fourth-order valence-corrected chi connectivity index (χ4v) is 3.47. The van der Waals surface area contributed by atoms with Crippen LogP contribution < -0.4 is 15.5 Å². The molecular weight excluding hydrogens is 429 g/mol. The predicted molar refractivity (Wildman–Crippen MR) is 115 cm³/mol. The van der Waals surface area contributed by atoms with Crippen molar-refractivity contribution in [2.75, 3.05) is 28.6 Å². The molecule has 0 atom stereocenters. The number of nitriles is 1. The first kappa shape index (κ1) is 22.5. The van der Waals surface area contributed by atoms with Gasteiger partial charge >= 0.3 is 6.18 Å². The number of piperidine rings is 1. The molecular formula is C22H20ClF3N4O. The zero-order valence-electron chi connectivity index (χ0n) is 16.5. The molecule has 0 spiro atoms. The molecule has 2 N–H and O–H groups in total. The van der Waals surface area contributed by atoms with Crippen molar-refractivity contribution in [1.29, 1.82) is 5.26 Å². The van der Waals surface area contributed by atoms with Gasteiger partial charge in [0.25, 0.3) is 5.91 Å². The normalized spacial score (nSPS) is 14.7. The molecule has 9 heteroatoms. The molecule has 2 aromatic carbocycles. The summed E-state index contributed by atoms with van der Waals surface area (Å²) in [6.07, 6.45) is 0.135. The molecule has 5 nitrogen and oxygen atoms in total. The molecule has 1 heterocycles. The molecule has 1 saturated heterocycles. The molecule has 1 amide bonds. The highest BCUT2D eigenvalue weighted by molar-refractivity contribution is 6.31. The number of carbonyl (C=O) groups excluding carboxylic acids is 1. The van der Waals surface area contributed by atoms with Crippen molar-refractivity contribution in [3.05, 3.63) is 64.8 Å². The number of carbonyl (C=O) groups is 1. The molecule has 31 heavy (non-hydrogen) atoms. The molecule has 0 unspecified atom stereocenters. The average molecular weight is 449 g/mol. The van der Waals surface area contributed by atoms with E-state index in [1.165, 1.54) is 31.5 Å². The van der Waals surface area contributed by atoms with Gasteiger partial charge in [-0.05, 0) is 61.7 Å². The second kappa shape index (κ2) is 9.75. The van der Waals surface area contributed by atoms with Gasteiger partial charge in [-0.25, -0.2) is 0 Å². The van der Waals surface area contributed by atoms with Gasteiger partial charge in [0, 0.05) is 36.4 Å². The van der Waals surface area contributed by atoms with Crippen molar-refractivity contribution >= 4 is 34.6 Å². The van der Waals surface area contributed by atoms with Crippen LogP contribution in [0.5, 0.6) is 0 Å². The van der Waals surface area contributed by atoms with E-state index in [0.717, 1.165) is 30.9 Å². The standard InChI is InChI=1S/C22H20ClF3N4O/c23-20-9-6-17(12-19(20)22(24,25)26)29-21(31)15(13-27)14-28-16-4-7-18(8-5-16)30-10-2-1-3-11-30/h4-9,12,14,28H,1-3,10-11H2,(H,29,31)/b15-14-. The lowest BCUT2D eigenvalue weighted by atomic mass is 10.1. The summed E-state index contributed by atoms with van der Waals surface area (Å²) < 4.78 is 38.9. The maximum atomic E-state index is 13.0. The summed E-state index contributed by atoms with van der Waals surface area (Å²) in [5, 5.41) is 14.0. The second-order valence-corrected chi connectivity index (χ2v) is 7.46. The summed E-state index contributed by atoms with van der Waals surface area (Å²) in [7, 11) is 0. The van der Waals surface area contributed by atoms with Crippen molar-refractivity contribution in [2.45, 2.75) is 25.4 Å². The van der Waals surface area contributed by atoms with Crippen LogP contribution in [0.25, 0.3) is 0 Å². The van der Waals surface area contributed by atoms with Crippen LogP contribution in [0.3, 0.4) is 0 Å². The summed E-state index contributed by atoms with van der Waals surface area (Å²) in [5.74, 6) is -0.838. The first-order chi connectivity index (χ1) is 14.8. The largest absolute Gasteiger partial charge is 0.417 e. The third-order valence-electron chi connectivity index (χ3n) is 4.87. The Bertz CT molecular complexity index is 1010. The highest BCUT2D eigenvalue weighted by Crippen LogP contribution is 2.36. The van der Waals surface area contributed by atoms with E-state index in [1.807, 2.05) is 24.3 Å². The lowest BCUT2D eigenvalue weighted by Crippen LogP contribution is -2.29. The van der Waals surface area contributed by atoms with E-state index in [1.54, 1.807) is 6.07 Å². The number of nitrogens with zero attached hydrogens (tertiary/aromatic N) is 2. The van der Waals surface area contributed by atoms with Gasteiger partial charge in [0.1, 0.15) is 11.6 Å². The molecule has 162 valence electrons. The lowest BCUT2D eigenvalue weighted by Gasteiger charge is -2.28. The van der Waals surface area contributed by atoms with Crippen LogP contribution in [0.4, 0.5) is 30.2 Å². The zero-order valence-corrected chi connectivity index (χ0v) is 17.2. The second-order valence-electron chi connectivity index (χ2n) is 7.06. The van der Waals surface area contributed by atoms with E-state index < -0.39 is 22.7 Å². The summed E-state index contributed by atoms with van der Waals surface area (Å²) in [5.41, 5.74) is 0.307. The number of halogens is 4. The highest BCUT2D eigenvalue weighted by atomic mass is 35.5. The molecule has 0 saturated carbocycles. The number of nitrogens with one attached hydrogen (secondary N) is 2. The lowest BCUT2D eigenvalue weighted by molar-refractivity contribution is -0.137. The van der Waals surface area contributed by atoms with Crippen LogP contribution in [-0.2, 0) is 11.0 Å². The summed E-state index contributed by atoms with van der Waals surface area (Å²) in [4.78, 5) is 14.6. The van der Waals surface area contributed by atoms with Gasteiger partial charge < -0.3 is 15.5 Å². The van der Waals surface area contributed by atoms with Crippen LogP contribution in [0.1, 0.15) is 24.8 Å². The van der Waals surface area contributed by atoms with Crippen LogP contribution in [-0.4, -0.2) is 19.0 Å². The summed E-state index contributed by atoms with van der Waals surface area (Å²) >= 11 is 5.58. The van der Waals surface area contributed by atoms with Crippen molar-refractivity contribution < 1.29 is 18.0 Å². The first-order valence-corrected chi connectivity index (χ1v) is 10.1. The Kier molecular flexibility index (Phi) is 7.08. The Morgan fingerprint density at radius 3 is 2.32 bits per heavy atom. The van der Waals surface area contributed by atoms with Crippen molar-refractivity contribution in [3.8, 4) is 6.07 Å². The molecule has 1 aliphatic rings. The SMILES string of the molecule is N#C/C(=C/Nc1ccc(N2CCCCC2)cc1)C(=O)Nc1ccc(Cl)c(C(F)(F)F)c1. The number of rotatable bonds is 5. The molecule has 1 aliphatic heterocycles. The molecule has 2 aromatic rings. The highest BCUT2D eigenvalue weighted by Gasteiger charge is 2.33. The van der Waals surface area contributed by atoms with Gasteiger partial charge in [-0.2, -0.15) is 18.4 Å². The predicted octanol–water partition coefficient (Wildman–Crippen LogP) is 5.81. The van der Waals surface area contributed by atoms with E-state index in [-0.39, 0.29) is 11.3 Å².